The van der Waals surface area contributed by atoms with E-state index in [9.17, 15) is 4.39 Å². The van der Waals surface area contributed by atoms with Gasteiger partial charge in [-0.1, -0.05) is 25.1 Å². The van der Waals surface area contributed by atoms with Crippen LogP contribution in [0.3, 0.4) is 0 Å². The van der Waals surface area contributed by atoms with Crippen molar-refractivity contribution < 1.29 is 8.81 Å². The molecule has 0 radical (unpaired) electrons. The minimum atomic E-state index is -0.439. The molecule has 0 N–H and O–H groups in total. The molecule has 0 bridgehead atoms. The third-order valence-corrected chi connectivity index (χ3v) is 3.95. The van der Waals surface area contributed by atoms with E-state index in [1.54, 1.807) is 0 Å². The van der Waals surface area contributed by atoms with Gasteiger partial charge in [0.15, 0.2) is 5.82 Å². The second-order valence-corrected chi connectivity index (χ2v) is 5.52. The van der Waals surface area contributed by atoms with Gasteiger partial charge in [-0.2, -0.15) is 0 Å². The predicted octanol–water partition coefficient (Wildman–Crippen LogP) is 3.69. The Morgan fingerprint density at radius 3 is 2.77 bits per heavy atom. The van der Waals surface area contributed by atoms with Crippen LogP contribution in [0.2, 0.25) is 0 Å². The molecule has 22 heavy (non-hydrogen) atoms. The Hall–Kier alpha value is -2.28. The van der Waals surface area contributed by atoms with Crippen LogP contribution in [0.5, 0.6) is 0 Å². The molecule has 2 aromatic heterocycles. The number of rotatable bonds is 4. The topological polar surface area (TPSA) is 64.7 Å². The van der Waals surface area contributed by atoms with Crippen LogP contribution in [0.1, 0.15) is 18.2 Å². The fraction of sp³-hybridized carbons (Fsp3) is 0.200. The molecule has 112 valence electrons. The van der Waals surface area contributed by atoms with Gasteiger partial charge in [-0.05, 0) is 36.7 Å². The second kappa shape index (κ2) is 6.23. The highest BCUT2D eigenvalue weighted by Crippen LogP contribution is 2.30. The summed E-state index contributed by atoms with van der Waals surface area (Å²) in [7, 11) is 0. The van der Waals surface area contributed by atoms with Crippen LogP contribution in [0.25, 0.3) is 11.5 Å². The number of halogens is 1. The monoisotopic (exact) mass is 316 g/mol. The lowest BCUT2D eigenvalue weighted by atomic mass is 10.1. The van der Waals surface area contributed by atoms with Crippen molar-refractivity contribution in [2.75, 3.05) is 0 Å². The van der Waals surface area contributed by atoms with Crippen molar-refractivity contribution in [3.63, 3.8) is 0 Å². The van der Waals surface area contributed by atoms with E-state index in [0.29, 0.717) is 18.0 Å². The molecular formula is C15H13FN4OS. The van der Waals surface area contributed by atoms with Crippen molar-refractivity contribution in [1.29, 1.82) is 0 Å². The number of aryl methyl sites for hydroxylation is 2. The van der Waals surface area contributed by atoms with Crippen LogP contribution >= 0.6 is 11.8 Å². The first-order valence-electron chi connectivity index (χ1n) is 6.75. The Morgan fingerprint density at radius 1 is 1.18 bits per heavy atom. The van der Waals surface area contributed by atoms with Gasteiger partial charge in [-0.25, -0.2) is 14.4 Å². The van der Waals surface area contributed by atoms with Gasteiger partial charge in [0.1, 0.15) is 11.4 Å². The first-order chi connectivity index (χ1) is 10.7. The molecule has 0 saturated heterocycles. The molecule has 0 aliphatic heterocycles. The van der Waals surface area contributed by atoms with E-state index in [1.165, 1.54) is 6.33 Å². The number of hydrogen-bond acceptors (Lipinski definition) is 6. The molecule has 0 spiro atoms. The highest BCUT2D eigenvalue weighted by molar-refractivity contribution is 7.99. The SMILES string of the molecule is CCc1ncnc(Sc2nnc(-c3ccccc3C)o2)c1F. The first-order valence-corrected chi connectivity index (χ1v) is 7.57. The fourth-order valence-electron chi connectivity index (χ4n) is 1.96. The van der Waals surface area contributed by atoms with Crippen LogP contribution in [0.4, 0.5) is 4.39 Å². The zero-order valence-electron chi connectivity index (χ0n) is 12.1. The summed E-state index contributed by atoms with van der Waals surface area (Å²) < 4.78 is 19.7. The summed E-state index contributed by atoms with van der Waals surface area (Å²) >= 11 is 0.999. The molecule has 0 atom stereocenters. The summed E-state index contributed by atoms with van der Waals surface area (Å²) in [6.45, 7) is 3.80. The highest BCUT2D eigenvalue weighted by atomic mass is 32.2. The average Bonchev–Trinajstić information content (AvgIpc) is 2.98. The maximum Gasteiger partial charge on any atom is 0.283 e. The molecule has 7 heteroatoms. The lowest BCUT2D eigenvalue weighted by Crippen LogP contribution is -1.97. The van der Waals surface area contributed by atoms with E-state index >= 15 is 0 Å². The number of hydrogen-bond donors (Lipinski definition) is 0. The highest BCUT2D eigenvalue weighted by Gasteiger charge is 2.16. The molecule has 3 aromatic rings. The summed E-state index contributed by atoms with van der Waals surface area (Å²) in [4.78, 5) is 7.83. The van der Waals surface area contributed by atoms with Gasteiger partial charge in [0.25, 0.3) is 5.22 Å². The second-order valence-electron chi connectivity index (χ2n) is 4.58. The van der Waals surface area contributed by atoms with E-state index in [2.05, 4.69) is 20.2 Å². The van der Waals surface area contributed by atoms with Gasteiger partial charge in [0.2, 0.25) is 5.89 Å². The Bertz CT molecular complexity index is 806. The lowest BCUT2D eigenvalue weighted by Gasteiger charge is -2.01. The van der Waals surface area contributed by atoms with Crippen molar-refractivity contribution in [3.05, 3.63) is 47.7 Å². The van der Waals surface area contributed by atoms with E-state index in [-0.39, 0.29) is 10.2 Å². The van der Waals surface area contributed by atoms with E-state index in [0.717, 1.165) is 22.9 Å². The van der Waals surface area contributed by atoms with E-state index < -0.39 is 5.82 Å². The van der Waals surface area contributed by atoms with E-state index in [4.69, 9.17) is 4.42 Å². The summed E-state index contributed by atoms with van der Waals surface area (Å²) in [5.74, 6) is -0.0311. The van der Waals surface area contributed by atoms with Crippen LogP contribution in [-0.4, -0.2) is 20.2 Å². The Balaban J connectivity index is 1.88. The molecule has 0 saturated carbocycles. The molecule has 3 rings (SSSR count). The number of nitrogens with zero attached hydrogens (tertiary/aromatic N) is 4. The fourth-order valence-corrected chi connectivity index (χ4v) is 2.64. The summed E-state index contributed by atoms with van der Waals surface area (Å²) in [5.41, 5.74) is 2.26. The molecule has 0 unspecified atom stereocenters. The Labute approximate surface area is 131 Å². The number of aromatic nitrogens is 4. The molecule has 0 aliphatic rings. The van der Waals surface area contributed by atoms with Gasteiger partial charge in [0, 0.05) is 5.56 Å². The largest absolute Gasteiger partial charge is 0.411 e. The van der Waals surface area contributed by atoms with Crippen molar-refractivity contribution in [2.24, 2.45) is 0 Å². The summed E-state index contributed by atoms with van der Waals surface area (Å²) in [6.07, 6.45) is 1.84. The van der Waals surface area contributed by atoms with Gasteiger partial charge >= 0.3 is 0 Å². The summed E-state index contributed by atoms with van der Waals surface area (Å²) in [5, 5.41) is 8.39. The normalized spacial score (nSPS) is 10.9. The molecule has 0 amide bonds. The quantitative estimate of drug-likeness (QED) is 0.684. The standard InChI is InChI=1S/C15H13FN4OS/c1-3-11-12(16)14(18-8-17-11)22-15-20-19-13(21-15)10-7-5-4-6-9(10)2/h4-8H,3H2,1-2H3. The van der Waals surface area contributed by atoms with Crippen LogP contribution in [0.15, 0.2) is 45.3 Å². The van der Waals surface area contributed by atoms with Gasteiger partial charge in [-0.15, -0.1) is 10.2 Å². The van der Waals surface area contributed by atoms with Crippen LogP contribution in [0, 0.1) is 12.7 Å². The average molecular weight is 316 g/mol. The maximum absolute atomic E-state index is 14.1. The zero-order valence-corrected chi connectivity index (χ0v) is 12.9. The Morgan fingerprint density at radius 2 is 2.00 bits per heavy atom. The van der Waals surface area contributed by atoms with Crippen molar-refractivity contribution >= 4 is 11.8 Å². The first kappa shape index (κ1) is 14.6. The minimum Gasteiger partial charge on any atom is -0.411 e. The third-order valence-electron chi connectivity index (χ3n) is 3.13. The van der Waals surface area contributed by atoms with Crippen molar-refractivity contribution in [2.45, 2.75) is 30.5 Å². The zero-order chi connectivity index (χ0) is 15.5. The lowest BCUT2D eigenvalue weighted by molar-refractivity contribution is 0.463. The van der Waals surface area contributed by atoms with Gasteiger partial charge < -0.3 is 4.42 Å². The van der Waals surface area contributed by atoms with Gasteiger partial charge in [-0.3, -0.25) is 0 Å². The third kappa shape index (κ3) is 2.85. The summed E-state index contributed by atoms with van der Waals surface area (Å²) in [6, 6.07) is 7.70. The van der Waals surface area contributed by atoms with Crippen molar-refractivity contribution in [1.82, 2.24) is 20.2 Å². The predicted molar refractivity (Wildman–Crippen MR) is 80.0 cm³/mol. The maximum atomic E-state index is 14.1. The molecule has 0 fully saturated rings. The van der Waals surface area contributed by atoms with E-state index in [1.807, 2.05) is 38.1 Å². The molecule has 0 aliphatic carbocycles. The van der Waals surface area contributed by atoms with Crippen molar-refractivity contribution in [3.8, 4) is 11.5 Å². The van der Waals surface area contributed by atoms with Crippen LogP contribution < -0.4 is 0 Å². The molecule has 1 aromatic carbocycles. The number of benzene rings is 1. The van der Waals surface area contributed by atoms with Crippen LogP contribution in [-0.2, 0) is 6.42 Å². The molecule has 5 nitrogen and oxygen atoms in total. The smallest absolute Gasteiger partial charge is 0.283 e. The molecular weight excluding hydrogens is 303 g/mol. The molecule has 2 heterocycles. The van der Waals surface area contributed by atoms with Gasteiger partial charge in [0.05, 0.1) is 5.69 Å². The Kier molecular flexibility index (Phi) is 4.15. The minimum absolute atomic E-state index is 0.187.